The van der Waals surface area contributed by atoms with Crippen LogP contribution in [0.4, 0.5) is 5.69 Å². The molecule has 162 valence electrons. The van der Waals surface area contributed by atoms with Gasteiger partial charge in [-0.1, -0.05) is 36.8 Å². The molecule has 2 heterocycles. The third-order valence-corrected chi connectivity index (χ3v) is 6.07. The Morgan fingerprint density at radius 3 is 2.74 bits per heavy atom. The van der Waals surface area contributed by atoms with E-state index in [1.54, 1.807) is 12.1 Å². The van der Waals surface area contributed by atoms with E-state index in [-0.39, 0.29) is 23.9 Å². The highest BCUT2D eigenvalue weighted by Crippen LogP contribution is 2.34. The number of amides is 1. The number of benzene rings is 2. The van der Waals surface area contributed by atoms with E-state index in [9.17, 15) is 14.9 Å². The summed E-state index contributed by atoms with van der Waals surface area (Å²) in [6.45, 7) is 3.68. The van der Waals surface area contributed by atoms with Crippen LogP contribution in [0.1, 0.15) is 42.7 Å². The minimum absolute atomic E-state index is 0.0350. The van der Waals surface area contributed by atoms with Crippen molar-refractivity contribution in [1.29, 1.82) is 0 Å². The second-order valence-corrected chi connectivity index (χ2v) is 8.15. The van der Waals surface area contributed by atoms with Gasteiger partial charge in [0.2, 0.25) is 5.91 Å². The molecular formula is C24H28N4O3. The fourth-order valence-electron chi connectivity index (χ4n) is 4.44. The van der Waals surface area contributed by atoms with Gasteiger partial charge in [-0.25, -0.2) is 0 Å². The van der Waals surface area contributed by atoms with Crippen LogP contribution in [-0.4, -0.2) is 46.9 Å². The number of piperidine rings is 1. The second kappa shape index (κ2) is 9.75. The van der Waals surface area contributed by atoms with Crippen LogP contribution < -0.4 is 5.32 Å². The summed E-state index contributed by atoms with van der Waals surface area (Å²) < 4.78 is 0. The highest BCUT2D eigenvalue weighted by Gasteiger charge is 2.23. The third kappa shape index (κ3) is 5.11. The van der Waals surface area contributed by atoms with E-state index in [1.807, 2.05) is 36.5 Å². The molecule has 0 unspecified atom stereocenters. The van der Waals surface area contributed by atoms with Crippen LogP contribution in [0.3, 0.4) is 0 Å². The van der Waals surface area contributed by atoms with Crippen molar-refractivity contribution in [3.05, 3.63) is 76.0 Å². The van der Waals surface area contributed by atoms with Gasteiger partial charge in [-0.05, 0) is 43.1 Å². The Morgan fingerprint density at radius 2 is 1.94 bits per heavy atom. The molecule has 1 saturated heterocycles. The van der Waals surface area contributed by atoms with E-state index >= 15 is 0 Å². The molecule has 0 saturated carbocycles. The number of nitrogens with zero attached hydrogens (tertiary/aromatic N) is 2. The van der Waals surface area contributed by atoms with Crippen molar-refractivity contribution in [2.24, 2.45) is 0 Å². The number of H-pyrrole nitrogens is 1. The Kier molecular flexibility index (Phi) is 6.62. The largest absolute Gasteiger partial charge is 0.361 e. The van der Waals surface area contributed by atoms with Crippen LogP contribution in [0.15, 0.2) is 54.7 Å². The van der Waals surface area contributed by atoms with Crippen molar-refractivity contribution in [2.45, 2.75) is 31.6 Å². The van der Waals surface area contributed by atoms with Crippen LogP contribution in [0, 0.1) is 10.1 Å². The molecule has 2 aromatic carbocycles. The molecule has 0 radical (unpaired) electrons. The molecule has 1 fully saturated rings. The Morgan fingerprint density at radius 1 is 1.13 bits per heavy atom. The zero-order valence-corrected chi connectivity index (χ0v) is 17.5. The van der Waals surface area contributed by atoms with Gasteiger partial charge in [0.05, 0.1) is 4.92 Å². The lowest BCUT2D eigenvalue weighted by molar-refractivity contribution is -0.384. The monoisotopic (exact) mass is 420 g/mol. The Bertz CT molecular complexity index is 1060. The maximum atomic E-state index is 12.8. The Balaban J connectivity index is 1.53. The van der Waals surface area contributed by atoms with Gasteiger partial charge in [-0.2, -0.15) is 0 Å². The van der Waals surface area contributed by atoms with Gasteiger partial charge in [0.1, 0.15) is 0 Å². The Hall–Kier alpha value is -3.19. The third-order valence-electron chi connectivity index (χ3n) is 6.07. The molecule has 0 spiro atoms. The number of aromatic amines is 1. The molecule has 2 N–H and O–H groups in total. The normalized spacial score (nSPS) is 15.6. The fourth-order valence-corrected chi connectivity index (χ4v) is 4.44. The number of para-hydroxylation sites is 1. The van der Waals surface area contributed by atoms with Crippen molar-refractivity contribution in [2.75, 3.05) is 26.2 Å². The predicted octanol–water partition coefficient (Wildman–Crippen LogP) is 4.20. The number of nitrogens with one attached hydrogen (secondary N) is 2. The number of nitro benzene ring substituents is 1. The minimum Gasteiger partial charge on any atom is -0.361 e. The highest BCUT2D eigenvalue weighted by molar-refractivity contribution is 5.86. The topological polar surface area (TPSA) is 91.3 Å². The molecule has 1 aliphatic rings. The van der Waals surface area contributed by atoms with Crippen molar-refractivity contribution in [3.8, 4) is 0 Å². The maximum Gasteiger partial charge on any atom is 0.269 e. The number of likely N-dealkylation sites (tertiary alicyclic amines) is 1. The fraction of sp³-hybridized carbons (Fsp3) is 0.375. The first kappa shape index (κ1) is 21.1. The van der Waals surface area contributed by atoms with Crippen molar-refractivity contribution in [3.63, 3.8) is 0 Å². The number of non-ortho nitro benzene ring substituents is 1. The summed E-state index contributed by atoms with van der Waals surface area (Å²) in [6.07, 6.45) is 5.89. The summed E-state index contributed by atoms with van der Waals surface area (Å²) in [5.74, 6) is -0.315. The van der Waals surface area contributed by atoms with Gasteiger partial charge >= 0.3 is 0 Å². The van der Waals surface area contributed by atoms with Crippen LogP contribution in [0.25, 0.3) is 10.9 Å². The quantitative estimate of drug-likeness (QED) is 0.422. The molecule has 7 nitrogen and oxygen atoms in total. The summed E-state index contributed by atoms with van der Waals surface area (Å²) in [4.78, 5) is 29.4. The number of hydrogen-bond donors (Lipinski definition) is 2. The first-order valence-electron chi connectivity index (χ1n) is 10.9. The standard InChI is InChI=1S/C24H28N4O3/c29-24(25-11-14-27-12-4-1-5-13-27)16-21(18-7-6-8-19(15-18)28(30)31)22-17-26-23-10-3-2-9-20(22)23/h2-3,6-10,15,17,21,26H,1,4-5,11-14,16H2,(H,25,29)/t21-/m0/s1. The number of fused-ring (bicyclic) bond motifs is 1. The van der Waals surface area contributed by atoms with Crippen molar-refractivity contribution >= 4 is 22.5 Å². The van der Waals surface area contributed by atoms with Gasteiger partial charge in [0.25, 0.3) is 5.69 Å². The summed E-state index contributed by atoms with van der Waals surface area (Å²) in [5.41, 5.74) is 2.76. The first-order valence-corrected chi connectivity index (χ1v) is 10.9. The predicted molar refractivity (Wildman–Crippen MR) is 121 cm³/mol. The highest BCUT2D eigenvalue weighted by atomic mass is 16.6. The average molecular weight is 421 g/mol. The number of carbonyl (C=O) groups excluding carboxylic acids is 1. The summed E-state index contributed by atoms with van der Waals surface area (Å²) in [7, 11) is 0. The smallest absolute Gasteiger partial charge is 0.269 e. The van der Waals surface area contributed by atoms with Crippen LogP contribution in [-0.2, 0) is 4.79 Å². The summed E-state index contributed by atoms with van der Waals surface area (Å²) >= 11 is 0. The number of rotatable bonds is 8. The first-order chi connectivity index (χ1) is 15.1. The molecular weight excluding hydrogens is 392 g/mol. The van der Waals surface area contributed by atoms with Crippen molar-refractivity contribution < 1.29 is 9.72 Å². The van der Waals surface area contributed by atoms with Gasteiger partial charge in [0.15, 0.2) is 0 Å². The molecule has 7 heteroatoms. The van der Waals surface area contributed by atoms with Gasteiger partial charge < -0.3 is 15.2 Å². The van der Waals surface area contributed by atoms with E-state index in [4.69, 9.17) is 0 Å². The van der Waals surface area contributed by atoms with E-state index < -0.39 is 4.92 Å². The SMILES string of the molecule is O=C(C[C@@H](c1cccc([N+](=O)[O-])c1)c1c[nH]c2ccccc12)NCCN1CCCCC1. The molecule has 4 rings (SSSR count). The van der Waals surface area contributed by atoms with E-state index in [0.29, 0.717) is 6.54 Å². The number of hydrogen-bond acceptors (Lipinski definition) is 4. The number of nitro groups is 1. The van der Waals surface area contributed by atoms with E-state index in [1.165, 1.54) is 25.3 Å². The summed E-state index contributed by atoms with van der Waals surface area (Å²) in [6, 6.07) is 14.5. The number of aromatic nitrogens is 1. The lowest BCUT2D eigenvalue weighted by atomic mass is 9.87. The van der Waals surface area contributed by atoms with Gasteiger partial charge in [-0.3, -0.25) is 14.9 Å². The summed E-state index contributed by atoms with van der Waals surface area (Å²) in [5, 5.41) is 15.4. The van der Waals surface area contributed by atoms with E-state index in [2.05, 4.69) is 15.2 Å². The van der Waals surface area contributed by atoms with E-state index in [0.717, 1.165) is 41.7 Å². The average Bonchev–Trinajstić information content (AvgIpc) is 3.22. The molecule has 1 atom stereocenters. The van der Waals surface area contributed by atoms with Crippen LogP contribution in [0.5, 0.6) is 0 Å². The molecule has 1 amide bonds. The van der Waals surface area contributed by atoms with Crippen molar-refractivity contribution in [1.82, 2.24) is 15.2 Å². The van der Waals surface area contributed by atoms with Gasteiger partial charge in [0, 0.05) is 54.7 Å². The lowest BCUT2D eigenvalue weighted by Crippen LogP contribution is -2.38. The van der Waals surface area contributed by atoms with Crippen LogP contribution >= 0.6 is 0 Å². The Labute approximate surface area is 181 Å². The zero-order valence-electron chi connectivity index (χ0n) is 17.5. The maximum absolute atomic E-state index is 12.8. The zero-order chi connectivity index (χ0) is 21.6. The molecule has 0 bridgehead atoms. The molecule has 1 aromatic heterocycles. The molecule has 3 aromatic rings. The van der Waals surface area contributed by atoms with Crippen LogP contribution in [0.2, 0.25) is 0 Å². The van der Waals surface area contributed by atoms with Gasteiger partial charge in [-0.15, -0.1) is 0 Å². The molecule has 0 aliphatic carbocycles. The minimum atomic E-state index is -0.394. The second-order valence-electron chi connectivity index (χ2n) is 8.15. The molecule has 31 heavy (non-hydrogen) atoms. The molecule has 1 aliphatic heterocycles. The lowest BCUT2D eigenvalue weighted by Gasteiger charge is -2.26. The number of carbonyl (C=O) groups is 1.